The van der Waals surface area contributed by atoms with Crippen LogP contribution in [-0.2, 0) is 13.1 Å². The first-order valence-corrected chi connectivity index (χ1v) is 10.7. The van der Waals surface area contributed by atoms with Crippen LogP contribution in [0.3, 0.4) is 0 Å². The normalized spacial score (nSPS) is 14.9. The molecule has 0 bridgehead atoms. The second kappa shape index (κ2) is 8.93. The van der Waals surface area contributed by atoms with Gasteiger partial charge in [-0.05, 0) is 51.7 Å². The van der Waals surface area contributed by atoms with Crippen molar-refractivity contribution in [1.29, 1.82) is 0 Å². The number of rotatable bonds is 5. The van der Waals surface area contributed by atoms with Gasteiger partial charge in [0.25, 0.3) is 5.91 Å². The van der Waals surface area contributed by atoms with Gasteiger partial charge in [0.05, 0.1) is 17.2 Å². The molecule has 1 aliphatic rings. The Balaban J connectivity index is 1.36. The Hall–Kier alpha value is -2.44. The van der Waals surface area contributed by atoms with Crippen LogP contribution in [0.25, 0.3) is 0 Å². The van der Waals surface area contributed by atoms with E-state index in [4.69, 9.17) is 0 Å². The number of piperazine rings is 1. The summed E-state index contributed by atoms with van der Waals surface area (Å²) in [6.07, 6.45) is 3.70. The molecule has 2 heterocycles. The van der Waals surface area contributed by atoms with Gasteiger partial charge in [-0.15, -0.1) is 0 Å². The van der Waals surface area contributed by atoms with Crippen LogP contribution in [-0.4, -0.2) is 51.7 Å². The molecule has 0 radical (unpaired) electrons. The summed E-state index contributed by atoms with van der Waals surface area (Å²) in [5, 5.41) is 4.29. The van der Waals surface area contributed by atoms with E-state index in [1.165, 1.54) is 11.1 Å². The number of aryl methyl sites for hydroxylation is 1. The Morgan fingerprint density at radius 2 is 1.83 bits per heavy atom. The first-order chi connectivity index (χ1) is 14.1. The van der Waals surface area contributed by atoms with Gasteiger partial charge in [-0.1, -0.05) is 36.4 Å². The lowest BCUT2D eigenvalue weighted by molar-refractivity contribution is 0.0628. The van der Waals surface area contributed by atoms with Crippen molar-refractivity contribution in [3.63, 3.8) is 0 Å². The molecule has 1 saturated heterocycles. The summed E-state index contributed by atoms with van der Waals surface area (Å²) in [5.41, 5.74) is 4.52. The van der Waals surface area contributed by atoms with E-state index in [0.29, 0.717) is 6.54 Å². The van der Waals surface area contributed by atoms with Crippen molar-refractivity contribution in [3.05, 3.63) is 87.7 Å². The Bertz CT molecular complexity index is 992. The van der Waals surface area contributed by atoms with Gasteiger partial charge >= 0.3 is 0 Å². The molecule has 1 fully saturated rings. The number of nitrogens with zero attached hydrogens (tertiary/aromatic N) is 4. The predicted molar refractivity (Wildman–Crippen MR) is 118 cm³/mol. The molecule has 4 rings (SSSR count). The topological polar surface area (TPSA) is 41.4 Å². The fraction of sp³-hybridized carbons (Fsp3) is 0.304. The number of hydrogen-bond acceptors (Lipinski definition) is 3. The van der Waals surface area contributed by atoms with E-state index in [2.05, 4.69) is 57.1 Å². The van der Waals surface area contributed by atoms with Crippen LogP contribution in [0.15, 0.2) is 65.4 Å². The van der Waals surface area contributed by atoms with Crippen molar-refractivity contribution >= 4 is 21.8 Å². The van der Waals surface area contributed by atoms with E-state index < -0.39 is 0 Å². The Kier molecular flexibility index (Phi) is 6.11. The van der Waals surface area contributed by atoms with Gasteiger partial charge in [-0.2, -0.15) is 5.10 Å². The predicted octanol–water partition coefficient (Wildman–Crippen LogP) is 3.96. The smallest absolute Gasteiger partial charge is 0.253 e. The standard InChI is InChI=1S/C23H25BrN4O/c1-18-5-2-3-7-21(18)16-26-9-11-27(12-10-26)23(29)20-8-4-6-19(13-20)15-28-17-22(24)14-25-28/h2-8,13-14,17H,9-12,15-16H2,1H3. The monoisotopic (exact) mass is 452 g/mol. The van der Waals surface area contributed by atoms with E-state index in [-0.39, 0.29) is 5.91 Å². The second-order valence-electron chi connectivity index (χ2n) is 7.55. The minimum absolute atomic E-state index is 0.115. The molecule has 0 aliphatic carbocycles. The third kappa shape index (κ3) is 4.95. The van der Waals surface area contributed by atoms with E-state index in [9.17, 15) is 4.79 Å². The molecule has 1 aliphatic heterocycles. The van der Waals surface area contributed by atoms with Crippen LogP contribution in [0, 0.1) is 6.92 Å². The molecule has 1 aromatic heterocycles. The van der Waals surface area contributed by atoms with Crippen LogP contribution in [0.5, 0.6) is 0 Å². The van der Waals surface area contributed by atoms with E-state index in [0.717, 1.165) is 48.3 Å². The van der Waals surface area contributed by atoms with Crippen molar-refractivity contribution in [2.75, 3.05) is 26.2 Å². The fourth-order valence-electron chi connectivity index (χ4n) is 3.73. The summed E-state index contributed by atoms with van der Waals surface area (Å²) in [4.78, 5) is 17.4. The molecule has 0 N–H and O–H groups in total. The minimum Gasteiger partial charge on any atom is -0.336 e. The van der Waals surface area contributed by atoms with Gasteiger partial charge in [0, 0.05) is 44.5 Å². The van der Waals surface area contributed by atoms with Crippen molar-refractivity contribution in [1.82, 2.24) is 19.6 Å². The molecule has 1 amide bonds. The van der Waals surface area contributed by atoms with Crippen molar-refractivity contribution in [3.8, 4) is 0 Å². The number of carbonyl (C=O) groups excluding carboxylic acids is 1. The van der Waals surface area contributed by atoms with Gasteiger partial charge in [-0.3, -0.25) is 14.4 Å². The quantitative estimate of drug-likeness (QED) is 0.588. The average molecular weight is 453 g/mol. The fourth-order valence-corrected chi connectivity index (χ4v) is 4.06. The van der Waals surface area contributed by atoms with Gasteiger partial charge in [0.1, 0.15) is 0 Å². The zero-order chi connectivity index (χ0) is 20.2. The largest absolute Gasteiger partial charge is 0.336 e. The Morgan fingerprint density at radius 3 is 2.55 bits per heavy atom. The maximum Gasteiger partial charge on any atom is 0.253 e. The Morgan fingerprint density at radius 1 is 1.03 bits per heavy atom. The molecular weight excluding hydrogens is 428 g/mol. The molecule has 3 aromatic rings. The molecule has 29 heavy (non-hydrogen) atoms. The number of carbonyl (C=O) groups is 1. The highest BCUT2D eigenvalue weighted by Gasteiger charge is 2.22. The third-order valence-corrected chi connectivity index (χ3v) is 5.84. The van der Waals surface area contributed by atoms with Crippen LogP contribution in [0.1, 0.15) is 27.0 Å². The maximum absolute atomic E-state index is 13.0. The molecule has 150 valence electrons. The lowest BCUT2D eigenvalue weighted by Gasteiger charge is -2.35. The van der Waals surface area contributed by atoms with Crippen molar-refractivity contribution in [2.45, 2.75) is 20.0 Å². The van der Waals surface area contributed by atoms with Crippen LogP contribution >= 0.6 is 15.9 Å². The summed E-state index contributed by atoms with van der Waals surface area (Å²) >= 11 is 3.42. The maximum atomic E-state index is 13.0. The van der Waals surface area contributed by atoms with Gasteiger partial charge in [0.15, 0.2) is 0 Å². The van der Waals surface area contributed by atoms with Crippen molar-refractivity contribution < 1.29 is 4.79 Å². The van der Waals surface area contributed by atoms with Crippen LogP contribution < -0.4 is 0 Å². The summed E-state index contributed by atoms with van der Waals surface area (Å²) in [6.45, 7) is 7.09. The minimum atomic E-state index is 0.115. The first-order valence-electron chi connectivity index (χ1n) is 9.91. The number of hydrogen-bond donors (Lipinski definition) is 0. The first kappa shape index (κ1) is 19.9. The molecule has 0 atom stereocenters. The molecule has 6 heteroatoms. The highest BCUT2D eigenvalue weighted by Crippen LogP contribution is 2.16. The summed E-state index contributed by atoms with van der Waals surface area (Å²) in [7, 11) is 0. The number of benzene rings is 2. The van der Waals surface area contributed by atoms with Crippen LogP contribution in [0.2, 0.25) is 0 Å². The number of halogens is 1. The van der Waals surface area contributed by atoms with E-state index in [1.54, 1.807) is 6.20 Å². The van der Waals surface area contributed by atoms with E-state index in [1.807, 2.05) is 40.0 Å². The number of aromatic nitrogens is 2. The zero-order valence-electron chi connectivity index (χ0n) is 16.6. The van der Waals surface area contributed by atoms with Gasteiger partial charge in [0.2, 0.25) is 0 Å². The molecular formula is C23H25BrN4O. The average Bonchev–Trinajstić information content (AvgIpc) is 3.14. The highest BCUT2D eigenvalue weighted by molar-refractivity contribution is 9.10. The summed E-state index contributed by atoms with van der Waals surface area (Å²) in [6, 6.07) is 16.4. The lowest BCUT2D eigenvalue weighted by Crippen LogP contribution is -2.48. The molecule has 0 saturated carbocycles. The summed E-state index contributed by atoms with van der Waals surface area (Å²) < 4.78 is 2.81. The lowest BCUT2D eigenvalue weighted by atomic mass is 10.1. The highest BCUT2D eigenvalue weighted by atomic mass is 79.9. The molecule has 0 unspecified atom stereocenters. The second-order valence-corrected chi connectivity index (χ2v) is 8.47. The van der Waals surface area contributed by atoms with Gasteiger partial charge < -0.3 is 4.90 Å². The SMILES string of the molecule is Cc1ccccc1CN1CCN(C(=O)c2cccc(Cn3cc(Br)cn3)c2)CC1. The zero-order valence-corrected chi connectivity index (χ0v) is 18.2. The molecule has 5 nitrogen and oxygen atoms in total. The van der Waals surface area contributed by atoms with Gasteiger partial charge in [-0.25, -0.2) is 0 Å². The van der Waals surface area contributed by atoms with E-state index >= 15 is 0 Å². The molecule has 2 aromatic carbocycles. The summed E-state index contributed by atoms with van der Waals surface area (Å²) in [5.74, 6) is 0.115. The third-order valence-electron chi connectivity index (χ3n) is 5.43. The Labute approximate surface area is 180 Å². The molecule has 0 spiro atoms. The van der Waals surface area contributed by atoms with Crippen molar-refractivity contribution in [2.24, 2.45) is 0 Å². The number of amides is 1. The van der Waals surface area contributed by atoms with Crippen LogP contribution in [0.4, 0.5) is 0 Å².